The lowest BCUT2D eigenvalue weighted by atomic mass is 10.1. The van der Waals surface area contributed by atoms with E-state index in [1.807, 2.05) is 78.9 Å². The average molecular weight is 549 g/mol. The van der Waals surface area contributed by atoms with Crippen molar-refractivity contribution in [2.75, 3.05) is 33.9 Å². The summed E-state index contributed by atoms with van der Waals surface area (Å²) in [5.41, 5.74) is 0.980. The van der Waals surface area contributed by atoms with E-state index in [1.165, 1.54) is 0 Å². The molecule has 0 saturated heterocycles. The zero-order chi connectivity index (χ0) is 29.0. The third-order valence-corrected chi connectivity index (χ3v) is 7.22. The van der Waals surface area contributed by atoms with Crippen LogP contribution in [0.3, 0.4) is 0 Å². The number of nitrogens with zero attached hydrogens (tertiary/aromatic N) is 1. The Kier molecular flexibility index (Phi) is 12.1. The minimum Gasteiger partial charge on any atom is -0.488 e. The van der Waals surface area contributed by atoms with Gasteiger partial charge in [0.25, 0.3) is 0 Å². The fraction of sp³-hybridized carbons (Fsp3) is 0.486. The zero-order valence-corrected chi connectivity index (χ0v) is 25.6. The van der Waals surface area contributed by atoms with Gasteiger partial charge in [0.05, 0.1) is 39.4 Å². The quantitative estimate of drug-likeness (QED) is 0.127. The van der Waals surface area contributed by atoms with Gasteiger partial charge < -0.3 is 9.47 Å². The van der Waals surface area contributed by atoms with Crippen LogP contribution in [0, 0.1) is 11.8 Å². The van der Waals surface area contributed by atoms with Crippen molar-refractivity contribution in [3.63, 3.8) is 0 Å². The number of hydrogen-bond donors (Lipinski definition) is 0. The van der Waals surface area contributed by atoms with Gasteiger partial charge in [0.1, 0.15) is 23.7 Å². The summed E-state index contributed by atoms with van der Waals surface area (Å²) < 4.78 is 27.3. The van der Waals surface area contributed by atoms with Crippen LogP contribution in [0.25, 0.3) is 0 Å². The molecule has 40 heavy (non-hydrogen) atoms. The molecule has 0 aliphatic carbocycles. The van der Waals surface area contributed by atoms with E-state index in [0.29, 0.717) is 29.5 Å². The molecule has 0 amide bonds. The van der Waals surface area contributed by atoms with E-state index in [1.54, 1.807) is 0 Å². The van der Waals surface area contributed by atoms with Crippen LogP contribution in [0.1, 0.15) is 53.0 Å². The maximum absolute atomic E-state index is 6.98. The molecule has 3 aromatic rings. The van der Waals surface area contributed by atoms with Crippen molar-refractivity contribution in [3.05, 3.63) is 96.6 Å². The van der Waals surface area contributed by atoms with E-state index in [-0.39, 0.29) is 12.2 Å². The molecule has 0 spiro atoms. The van der Waals surface area contributed by atoms with Crippen LogP contribution in [0.2, 0.25) is 0 Å². The Morgan fingerprint density at radius 3 is 1.32 bits per heavy atom. The number of para-hydroxylation sites is 2. The normalized spacial score (nSPS) is 15.0. The Balaban J connectivity index is 1.94. The van der Waals surface area contributed by atoms with Gasteiger partial charge in [-0.2, -0.15) is 0 Å². The molecule has 218 valence electrons. The summed E-state index contributed by atoms with van der Waals surface area (Å²) in [6, 6.07) is 30.3. The minimum atomic E-state index is -1.05. The molecule has 0 bridgehead atoms. The molecule has 0 saturated carbocycles. The van der Waals surface area contributed by atoms with Crippen molar-refractivity contribution in [1.82, 2.24) is 0 Å². The lowest BCUT2D eigenvalue weighted by Gasteiger charge is -2.47. The maximum atomic E-state index is 6.98. The van der Waals surface area contributed by atoms with Crippen molar-refractivity contribution in [2.45, 2.75) is 65.6 Å². The van der Waals surface area contributed by atoms with Gasteiger partial charge in [0.2, 0.25) is 0 Å². The van der Waals surface area contributed by atoms with Crippen LogP contribution in [-0.2, 0) is 15.4 Å². The van der Waals surface area contributed by atoms with Gasteiger partial charge in [0.15, 0.2) is 0 Å². The topological polar surface area (TPSA) is 36.9 Å². The van der Waals surface area contributed by atoms with E-state index >= 15 is 0 Å². The highest BCUT2D eigenvalue weighted by molar-refractivity contribution is 5.22. The summed E-state index contributed by atoms with van der Waals surface area (Å²) in [6.07, 6.45) is 1.48. The standard InChI is InChI=1S/C35H50NO4/c1-8-36(6,7)35(30-18-12-9-13-19-30,37-26-33(24-28(2)3)39-31-20-14-10-15-21-31)38-27-34(25-29(4)5)40-32-22-16-11-17-23-32/h9-23,28-29,33-34H,8,24-27H2,1-7H3/q+1. The van der Waals surface area contributed by atoms with Gasteiger partial charge >= 0.3 is 5.91 Å². The van der Waals surface area contributed by atoms with Gasteiger partial charge in [-0.25, -0.2) is 0 Å². The number of ether oxygens (including phenoxy) is 4. The molecule has 0 aliphatic heterocycles. The number of quaternary nitrogens is 1. The monoisotopic (exact) mass is 548 g/mol. The largest absolute Gasteiger partial charge is 0.488 e. The second kappa shape index (κ2) is 15.2. The van der Waals surface area contributed by atoms with Crippen molar-refractivity contribution < 1.29 is 23.4 Å². The third-order valence-electron chi connectivity index (χ3n) is 7.22. The predicted molar refractivity (Wildman–Crippen MR) is 163 cm³/mol. The van der Waals surface area contributed by atoms with E-state index in [4.69, 9.17) is 18.9 Å². The summed E-state index contributed by atoms with van der Waals surface area (Å²) in [7, 11) is 4.33. The van der Waals surface area contributed by atoms with Gasteiger partial charge in [-0.15, -0.1) is 0 Å². The molecule has 0 aliphatic rings. The van der Waals surface area contributed by atoms with Crippen LogP contribution in [-0.4, -0.2) is 50.5 Å². The van der Waals surface area contributed by atoms with Crippen molar-refractivity contribution >= 4 is 0 Å². The maximum Gasteiger partial charge on any atom is 0.347 e. The van der Waals surface area contributed by atoms with Crippen LogP contribution < -0.4 is 9.47 Å². The molecule has 2 atom stereocenters. The first-order valence-electron chi connectivity index (χ1n) is 14.7. The first-order valence-corrected chi connectivity index (χ1v) is 14.7. The van der Waals surface area contributed by atoms with Crippen LogP contribution in [0.4, 0.5) is 0 Å². The summed E-state index contributed by atoms with van der Waals surface area (Å²) >= 11 is 0. The molecule has 3 rings (SSSR count). The van der Waals surface area contributed by atoms with Crippen LogP contribution >= 0.6 is 0 Å². The van der Waals surface area contributed by atoms with Gasteiger partial charge in [0, 0.05) is 0 Å². The lowest BCUT2D eigenvalue weighted by Crippen LogP contribution is -2.61. The third kappa shape index (κ3) is 9.09. The summed E-state index contributed by atoms with van der Waals surface area (Å²) in [5.74, 6) is 1.54. The number of hydrogen-bond acceptors (Lipinski definition) is 4. The Labute approximate surface area is 242 Å². The van der Waals surface area contributed by atoms with Gasteiger partial charge in [-0.3, -0.25) is 14.0 Å². The second-order valence-corrected chi connectivity index (χ2v) is 11.9. The summed E-state index contributed by atoms with van der Waals surface area (Å²) in [5, 5.41) is 0. The van der Waals surface area contributed by atoms with Gasteiger partial charge in [-0.1, -0.05) is 82.3 Å². The SMILES string of the molecule is CC[N+](C)(C)C(OCC(CC(C)C)Oc1ccccc1)(OCC(CC(C)C)Oc1ccccc1)c1ccccc1. The summed E-state index contributed by atoms with van der Waals surface area (Å²) in [6.45, 7) is 12.6. The van der Waals surface area contributed by atoms with Crippen molar-refractivity contribution in [2.24, 2.45) is 11.8 Å². The molecule has 5 heteroatoms. The Morgan fingerprint density at radius 1 is 0.600 bits per heavy atom. The highest BCUT2D eigenvalue weighted by Gasteiger charge is 2.51. The molecule has 5 nitrogen and oxygen atoms in total. The predicted octanol–water partition coefficient (Wildman–Crippen LogP) is 7.91. The van der Waals surface area contributed by atoms with Crippen LogP contribution in [0.15, 0.2) is 91.0 Å². The highest BCUT2D eigenvalue weighted by atomic mass is 16.7. The Morgan fingerprint density at radius 2 is 0.975 bits per heavy atom. The van der Waals surface area contributed by atoms with Gasteiger partial charge in [-0.05, 0) is 68.0 Å². The molecule has 2 unspecified atom stereocenters. The smallest absolute Gasteiger partial charge is 0.347 e. The van der Waals surface area contributed by atoms with E-state index in [9.17, 15) is 0 Å². The average Bonchev–Trinajstić information content (AvgIpc) is 2.94. The number of benzene rings is 3. The molecule has 3 aromatic carbocycles. The number of rotatable bonds is 17. The van der Waals surface area contributed by atoms with E-state index < -0.39 is 5.91 Å². The lowest BCUT2D eigenvalue weighted by molar-refractivity contribution is -1.01. The second-order valence-electron chi connectivity index (χ2n) is 11.9. The molecular formula is C35H50NO4+. The molecule has 0 fully saturated rings. The molecule has 0 heterocycles. The first-order chi connectivity index (χ1) is 19.1. The fourth-order valence-corrected chi connectivity index (χ4v) is 4.91. The zero-order valence-electron chi connectivity index (χ0n) is 25.6. The molecule has 0 radical (unpaired) electrons. The Bertz CT molecular complexity index is 1030. The van der Waals surface area contributed by atoms with E-state index in [2.05, 4.69) is 60.8 Å². The summed E-state index contributed by atoms with van der Waals surface area (Å²) in [4.78, 5) is 0. The minimum absolute atomic E-state index is 0.127. The molecule has 0 N–H and O–H groups in total. The molecule has 0 aromatic heterocycles. The van der Waals surface area contributed by atoms with Crippen molar-refractivity contribution in [3.8, 4) is 11.5 Å². The van der Waals surface area contributed by atoms with Crippen LogP contribution in [0.5, 0.6) is 11.5 Å². The highest BCUT2D eigenvalue weighted by Crippen LogP contribution is 2.37. The Hall–Kier alpha value is -2.86. The molecular weight excluding hydrogens is 498 g/mol. The fourth-order valence-electron chi connectivity index (χ4n) is 4.91. The first kappa shape index (κ1) is 31.7. The van der Waals surface area contributed by atoms with E-state index in [0.717, 1.165) is 36.4 Å². The van der Waals surface area contributed by atoms with Crippen molar-refractivity contribution in [1.29, 1.82) is 0 Å².